The van der Waals surface area contributed by atoms with Crippen molar-refractivity contribution in [2.75, 3.05) is 19.5 Å². The van der Waals surface area contributed by atoms with Crippen LogP contribution >= 0.6 is 11.6 Å². The van der Waals surface area contributed by atoms with Gasteiger partial charge in [-0.05, 0) is 17.2 Å². The number of aromatic nitrogens is 4. The van der Waals surface area contributed by atoms with Crippen LogP contribution < -0.4 is 11.5 Å². The standard InChI is InChI=1S/C20H23ClN6O6/c1-32-13(12(22)8-27-10-24-14-15(23)25-19(21)26-16(14)27)9-33-20(17(28)29,18(30)31)7-11-5-3-2-4-6-11/h2-6,10,12-13H,7-9,22H2,1H3,(H,28,29)(H,30,31)(H2,23,25,26). The number of anilines is 1. The first-order valence-electron chi connectivity index (χ1n) is 9.75. The van der Waals surface area contributed by atoms with Crippen molar-refractivity contribution in [3.05, 3.63) is 47.5 Å². The Morgan fingerprint density at radius 3 is 2.48 bits per heavy atom. The van der Waals surface area contributed by atoms with E-state index >= 15 is 0 Å². The summed E-state index contributed by atoms with van der Waals surface area (Å²) in [5.41, 5.74) is 10.7. The van der Waals surface area contributed by atoms with Crippen LogP contribution in [-0.4, -0.2) is 73.1 Å². The molecule has 2 unspecified atom stereocenters. The lowest BCUT2D eigenvalue weighted by Crippen LogP contribution is -2.54. The first-order valence-corrected chi connectivity index (χ1v) is 10.1. The van der Waals surface area contributed by atoms with Crippen LogP contribution in [0.5, 0.6) is 0 Å². The zero-order chi connectivity index (χ0) is 24.2. The van der Waals surface area contributed by atoms with E-state index in [1.165, 1.54) is 13.4 Å². The monoisotopic (exact) mass is 478 g/mol. The fraction of sp³-hybridized carbons (Fsp3) is 0.350. The van der Waals surface area contributed by atoms with Crippen molar-refractivity contribution in [3.63, 3.8) is 0 Å². The Morgan fingerprint density at radius 2 is 1.88 bits per heavy atom. The third-order valence-corrected chi connectivity index (χ3v) is 5.30. The van der Waals surface area contributed by atoms with Crippen LogP contribution in [0.1, 0.15) is 5.56 Å². The molecule has 2 heterocycles. The summed E-state index contributed by atoms with van der Waals surface area (Å²) in [7, 11) is 1.36. The van der Waals surface area contributed by atoms with Gasteiger partial charge in [0, 0.05) is 20.1 Å². The second-order valence-electron chi connectivity index (χ2n) is 7.30. The summed E-state index contributed by atoms with van der Waals surface area (Å²) in [6, 6.07) is 7.57. The number of ether oxygens (including phenoxy) is 2. The molecule has 0 aliphatic carbocycles. The Labute approximate surface area is 193 Å². The molecule has 12 nitrogen and oxygen atoms in total. The molecule has 0 radical (unpaired) electrons. The lowest BCUT2D eigenvalue weighted by Gasteiger charge is -2.29. The molecule has 6 N–H and O–H groups in total. The van der Waals surface area contributed by atoms with Crippen molar-refractivity contribution in [2.24, 2.45) is 5.73 Å². The zero-order valence-corrected chi connectivity index (χ0v) is 18.3. The molecule has 2 aromatic heterocycles. The highest BCUT2D eigenvalue weighted by Gasteiger charge is 2.49. The fourth-order valence-electron chi connectivity index (χ4n) is 3.31. The number of fused-ring (bicyclic) bond motifs is 1. The summed E-state index contributed by atoms with van der Waals surface area (Å²) in [5.74, 6) is -3.16. The van der Waals surface area contributed by atoms with Crippen molar-refractivity contribution >= 4 is 40.5 Å². The molecule has 0 amide bonds. The predicted octanol–water partition coefficient (Wildman–Crippen LogP) is 0.572. The molecule has 0 saturated heterocycles. The molecule has 33 heavy (non-hydrogen) atoms. The molecule has 2 atom stereocenters. The van der Waals surface area contributed by atoms with E-state index in [9.17, 15) is 19.8 Å². The van der Waals surface area contributed by atoms with E-state index in [0.29, 0.717) is 16.7 Å². The van der Waals surface area contributed by atoms with Gasteiger partial charge in [0.2, 0.25) is 5.28 Å². The van der Waals surface area contributed by atoms with E-state index in [1.807, 2.05) is 0 Å². The van der Waals surface area contributed by atoms with Gasteiger partial charge in [0.25, 0.3) is 5.60 Å². The SMILES string of the molecule is COC(COC(Cc1ccccc1)(C(=O)O)C(=O)O)C(N)Cn1cnc2c(N)nc(Cl)nc21. The van der Waals surface area contributed by atoms with Crippen LogP contribution in [0.4, 0.5) is 5.82 Å². The minimum Gasteiger partial charge on any atom is -0.479 e. The Bertz CT molecular complexity index is 1130. The molecule has 0 saturated carbocycles. The fourth-order valence-corrected chi connectivity index (χ4v) is 3.48. The maximum Gasteiger partial charge on any atom is 0.348 e. The van der Waals surface area contributed by atoms with Crippen molar-refractivity contribution in [2.45, 2.75) is 30.7 Å². The summed E-state index contributed by atoms with van der Waals surface area (Å²) in [4.78, 5) is 36.0. The number of carboxylic acid groups (broad SMARTS) is 2. The number of carboxylic acids is 2. The lowest BCUT2D eigenvalue weighted by molar-refractivity contribution is -0.188. The largest absolute Gasteiger partial charge is 0.479 e. The van der Waals surface area contributed by atoms with Gasteiger partial charge in [-0.25, -0.2) is 14.6 Å². The summed E-state index contributed by atoms with van der Waals surface area (Å²) in [5, 5.41) is 19.4. The average molecular weight is 479 g/mol. The smallest absolute Gasteiger partial charge is 0.348 e. The first-order chi connectivity index (χ1) is 15.7. The van der Waals surface area contributed by atoms with E-state index < -0.39 is 36.3 Å². The second kappa shape index (κ2) is 10.1. The van der Waals surface area contributed by atoms with Crippen molar-refractivity contribution in [3.8, 4) is 0 Å². The van der Waals surface area contributed by atoms with E-state index in [4.69, 9.17) is 32.5 Å². The minimum absolute atomic E-state index is 0.0597. The van der Waals surface area contributed by atoms with Crippen LogP contribution in [0.15, 0.2) is 36.7 Å². The quantitative estimate of drug-likeness (QED) is 0.222. The van der Waals surface area contributed by atoms with Gasteiger partial charge in [0.15, 0.2) is 11.5 Å². The Hall–Kier alpha value is -3.32. The van der Waals surface area contributed by atoms with Gasteiger partial charge in [-0.1, -0.05) is 30.3 Å². The number of aliphatic carboxylic acids is 2. The molecule has 0 fully saturated rings. The number of nitrogen functional groups attached to an aromatic ring is 1. The van der Waals surface area contributed by atoms with Crippen LogP contribution in [0.25, 0.3) is 11.2 Å². The number of nitrogens with two attached hydrogens (primary N) is 2. The van der Waals surface area contributed by atoms with Gasteiger partial charge >= 0.3 is 11.9 Å². The van der Waals surface area contributed by atoms with E-state index in [0.717, 1.165) is 0 Å². The van der Waals surface area contributed by atoms with Crippen molar-refractivity contribution < 1.29 is 29.3 Å². The summed E-state index contributed by atoms with van der Waals surface area (Å²) in [6.07, 6.45) is 0.213. The maximum atomic E-state index is 12.0. The molecule has 176 valence electrons. The van der Waals surface area contributed by atoms with E-state index in [2.05, 4.69) is 15.0 Å². The Morgan fingerprint density at radius 1 is 1.21 bits per heavy atom. The summed E-state index contributed by atoms with van der Waals surface area (Å²) < 4.78 is 12.4. The molecule has 0 aliphatic heterocycles. The number of methoxy groups -OCH3 is 1. The zero-order valence-electron chi connectivity index (χ0n) is 17.6. The Balaban J connectivity index is 1.78. The van der Waals surface area contributed by atoms with Crippen LogP contribution in [0.2, 0.25) is 5.28 Å². The van der Waals surface area contributed by atoms with Crippen LogP contribution in [0.3, 0.4) is 0 Å². The minimum atomic E-state index is -2.52. The highest BCUT2D eigenvalue weighted by molar-refractivity contribution is 6.28. The van der Waals surface area contributed by atoms with E-state index in [-0.39, 0.29) is 24.1 Å². The number of benzene rings is 1. The van der Waals surface area contributed by atoms with Gasteiger partial charge in [-0.2, -0.15) is 9.97 Å². The third-order valence-electron chi connectivity index (χ3n) is 5.13. The Kier molecular flexibility index (Phi) is 7.43. The molecule has 3 rings (SSSR count). The van der Waals surface area contributed by atoms with Gasteiger partial charge in [-0.3, -0.25) is 0 Å². The van der Waals surface area contributed by atoms with Gasteiger partial charge < -0.3 is 35.7 Å². The van der Waals surface area contributed by atoms with Crippen LogP contribution in [0, 0.1) is 0 Å². The average Bonchev–Trinajstić information content (AvgIpc) is 3.16. The number of imidazole rings is 1. The number of nitrogens with zero attached hydrogens (tertiary/aromatic N) is 4. The molecule has 13 heteroatoms. The molecule has 3 aromatic rings. The molecular weight excluding hydrogens is 456 g/mol. The molecular formula is C20H23ClN6O6. The summed E-state index contributed by atoms with van der Waals surface area (Å²) >= 11 is 5.87. The number of hydrogen-bond donors (Lipinski definition) is 4. The number of carbonyl (C=O) groups is 2. The topological polar surface area (TPSA) is 189 Å². The third kappa shape index (κ3) is 5.20. The predicted molar refractivity (Wildman–Crippen MR) is 118 cm³/mol. The first kappa shape index (κ1) is 24.3. The van der Waals surface area contributed by atoms with Gasteiger partial charge in [0.05, 0.1) is 25.1 Å². The van der Waals surface area contributed by atoms with Crippen molar-refractivity contribution in [1.82, 2.24) is 19.5 Å². The maximum absolute atomic E-state index is 12.0. The second-order valence-corrected chi connectivity index (χ2v) is 7.63. The number of rotatable bonds is 11. The summed E-state index contributed by atoms with van der Waals surface area (Å²) in [6.45, 7) is -0.273. The molecule has 1 aromatic carbocycles. The molecule has 0 aliphatic rings. The number of hydrogen-bond acceptors (Lipinski definition) is 9. The van der Waals surface area contributed by atoms with E-state index in [1.54, 1.807) is 34.9 Å². The highest BCUT2D eigenvalue weighted by atomic mass is 35.5. The molecule has 0 spiro atoms. The number of halogens is 1. The van der Waals surface area contributed by atoms with Gasteiger partial charge in [0.1, 0.15) is 5.52 Å². The van der Waals surface area contributed by atoms with Gasteiger partial charge in [-0.15, -0.1) is 0 Å². The van der Waals surface area contributed by atoms with Crippen LogP contribution in [-0.2, 0) is 32.0 Å². The highest BCUT2D eigenvalue weighted by Crippen LogP contribution is 2.22. The lowest BCUT2D eigenvalue weighted by atomic mass is 9.94. The van der Waals surface area contributed by atoms with Crippen molar-refractivity contribution in [1.29, 1.82) is 0 Å². The molecule has 0 bridgehead atoms. The normalized spacial score (nSPS) is 13.7.